The maximum atomic E-state index is 12.9. The van der Waals surface area contributed by atoms with E-state index in [0.29, 0.717) is 22.5 Å². The van der Waals surface area contributed by atoms with Gasteiger partial charge in [0.2, 0.25) is 5.88 Å². The molecule has 0 bridgehead atoms. The molecule has 1 aliphatic heterocycles. The highest BCUT2D eigenvalue weighted by molar-refractivity contribution is 6.04. The number of methoxy groups -OCH3 is 1. The quantitative estimate of drug-likeness (QED) is 0.491. The molecule has 0 spiro atoms. The van der Waals surface area contributed by atoms with Crippen molar-refractivity contribution in [2.45, 2.75) is 0 Å². The molecule has 3 aromatic heterocycles. The van der Waals surface area contributed by atoms with Crippen LogP contribution < -0.4 is 26.0 Å². The van der Waals surface area contributed by atoms with E-state index in [1.807, 2.05) is 6.07 Å². The fraction of sp³-hybridized carbons (Fsp3) is 0.227. The normalized spacial score (nSPS) is 14.0. The third-order valence-corrected chi connectivity index (χ3v) is 5.33. The van der Waals surface area contributed by atoms with Gasteiger partial charge in [-0.2, -0.15) is 0 Å². The maximum absolute atomic E-state index is 12.9. The molecule has 1 saturated heterocycles. The van der Waals surface area contributed by atoms with Crippen LogP contribution in [-0.4, -0.2) is 48.7 Å². The van der Waals surface area contributed by atoms with E-state index in [1.165, 1.54) is 17.7 Å². The Balaban J connectivity index is 1.42. The van der Waals surface area contributed by atoms with Crippen LogP contribution in [0, 0.1) is 0 Å². The summed E-state index contributed by atoms with van der Waals surface area (Å²) in [6.07, 6.45) is 3.31. The Morgan fingerprint density at radius 2 is 2.00 bits per heavy atom. The van der Waals surface area contributed by atoms with Crippen LogP contribution in [0.25, 0.3) is 17.0 Å². The zero-order valence-corrected chi connectivity index (χ0v) is 17.3. The molecular formula is C22H21N5O5. The van der Waals surface area contributed by atoms with Crippen molar-refractivity contribution in [2.75, 3.05) is 43.5 Å². The number of aromatic nitrogens is 2. The molecule has 0 aliphatic carbocycles. The number of pyridine rings is 1. The molecular weight excluding hydrogens is 414 g/mol. The highest BCUT2D eigenvalue weighted by Gasteiger charge is 2.20. The monoisotopic (exact) mass is 435 g/mol. The lowest BCUT2D eigenvalue weighted by Gasteiger charge is -2.30. The molecule has 1 aliphatic rings. The number of furan rings is 1. The average molecular weight is 435 g/mol. The maximum Gasteiger partial charge on any atom is 0.427 e. The first-order valence-electron chi connectivity index (χ1n) is 10.1. The molecule has 10 heteroatoms. The summed E-state index contributed by atoms with van der Waals surface area (Å²) in [6, 6.07) is 9.96. The standard InChI is InChI=1S/C22H21N5O5/c1-30-14-2-3-17-19(12-14)32-22(29)27(17)20-5-4-18(31-20)21(28)25-15-13-24-7-6-16(15)26-10-8-23-9-11-26/h2-7,12-13,23H,8-11H2,1H3,(H,25,28). The van der Waals surface area contributed by atoms with E-state index < -0.39 is 11.7 Å². The molecule has 32 heavy (non-hydrogen) atoms. The molecule has 4 heterocycles. The van der Waals surface area contributed by atoms with Crippen LogP contribution in [-0.2, 0) is 0 Å². The predicted octanol–water partition coefficient (Wildman–Crippen LogP) is 2.24. The van der Waals surface area contributed by atoms with Crippen LogP contribution in [0.5, 0.6) is 5.75 Å². The summed E-state index contributed by atoms with van der Waals surface area (Å²) in [4.78, 5) is 31.6. The van der Waals surface area contributed by atoms with Crippen molar-refractivity contribution in [1.29, 1.82) is 0 Å². The number of rotatable bonds is 5. The van der Waals surface area contributed by atoms with Crippen molar-refractivity contribution in [3.05, 3.63) is 65.1 Å². The lowest BCUT2D eigenvalue weighted by molar-refractivity contribution is 0.0996. The summed E-state index contributed by atoms with van der Waals surface area (Å²) in [5.74, 6) is -0.261. The number of amides is 1. The molecule has 0 saturated carbocycles. The number of hydrogen-bond donors (Lipinski definition) is 2. The SMILES string of the molecule is COc1ccc2c(c1)oc(=O)n2-c1ccc(C(=O)Nc2cnccc2N2CCNCC2)o1. The van der Waals surface area contributed by atoms with Crippen molar-refractivity contribution >= 4 is 28.4 Å². The van der Waals surface area contributed by atoms with Gasteiger partial charge in [-0.15, -0.1) is 0 Å². The Morgan fingerprint density at radius 3 is 2.81 bits per heavy atom. The highest BCUT2D eigenvalue weighted by atomic mass is 16.5. The highest BCUT2D eigenvalue weighted by Crippen LogP contribution is 2.27. The van der Waals surface area contributed by atoms with Crippen molar-refractivity contribution in [2.24, 2.45) is 0 Å². The molecule has 164 valence electrons. The fourth-order valence-corrected chi connectivity index (χ4v) is 3.75. The van der Waals surface area contributed by atoms with E-state index in [1.54, 1.807) is 36.7 Å². The van der Waals surface area contributed by atoms with Gasteiger partial charge < -0.3 is 29.1 Å². The van der Waals surface area contributed by atoms with E-state index in [2.05, 4.69) is 20.5 Å². The molecule has 1 aromatic carbocycles. The van der Waals surface area contributed by atoms with Gasteiger partial charge in [0.15, 0.2) is 11.3 Å². The van der Waals surface area contributed by atoms with Gasteiger partial charge in [-0.25, -0.2) is 9.36 Å². The van der Waals surface area contributed by atoms with Gasteiger partial charge in [0.1, 0.15) is 5.75 Å². The summed E-state index contributed by atoms with van der Waals surface area (Å²) in [6.45, 7) is 3.41. The number of hydrogen-bond acceptors (Lipinski definition) is 8. The number of carbonyl (C=O) groups is 1. The largest absolute Gasteiger partial charge is 0.497 e. The number of nitrogens with one attached hydrogen (secondary N) is 2. The Bertz CT molecular complexity index is 1330. The Morgan fingerprint density at radius 1 is 1.16 bits per heavy atom. The van der Waals surface area contributed by atoms with Crippen LogP contribution in [0.15, 0.2) is 62.4 Å². The number of ether oxygens (including phenoxy) is 1. The number of carbonyl (C=O) groups excluding carboxylic acids is 1. The molecule has 5 rings (SSSR count). The van der Waals surface area contributed by atoms with Gasteiger partial charge in [0, 0.05) is 44.5 Å². The first-order valence-corrected chi connectivity index (χ1v) is 10.1. The van der Waals surface area contributed by atoms with Gasteiger partial charge in [0.25, 0.3) is 5.91 Å². The lowest BCUT2D eigenvalue weighted by Crippen LogP contribution is -2.43. The number of nitrogens with zero attached hydrogens (tertiary/aromatic N) is 3. The number of anilines is 2. The molecule has 1 amide bonds. The number of piperazine rings is 1. The number of oxazole rings is 1. The third-order valence-electron chi connectivity index (χ3n) is 5.33. The Hall–Kier alpha value is -4.05. The first-order chi connectivity index (χ1) is 15.6. The summed E-state index contributed by atoms with van der Waals surface area (Å²) in [7, 11) is 1.53. The Labute approximate surface area is 182 Å². The molecule has 10 nitrogen and oxygen atoms in total. The molecule has 0 atom stereocenters. The predicted molar refractivity (Wildman–Crippen MR) is 118 cm³/mol. The van der Waals surface area contributed by atoms with Crippen LogP contribution >= 0.6 is 0 Å². The van der Waals surface area contributed by atoms with Gasteiger partial charge in [-0.3, -0.25) is 9.78 Å². The van der Waals surface area contributed by atoms with E-state index >= 15 is 0 Å². The second-order valence-electron chi connectivity index (χ2n) is 7.26. The van der Waals surface area contributed by atoms with Crippen molar-refractivity contribution < 1.29 is 18.4 Å². The van der Waals surface area contributed by atoms with Crippen molar-refractivity contribution in [3.8, 4) is 11.6 Å². The van der Waals surface area contributed by atoms with E-state index in [9.17, 15) is 9.59 Å². The van der Waals surface area contributed by atoms with Crippen molar-refractivity contribution in [3.63, 3.8) is 0 Å². The summed E-state index contributed by atoms with van der Waals surface area (Å²) >= 11 is 0. The third kappa shape index (κ3) is 3.60. The van der Waals surface area contributed by atoms with E-state index in [0.717, 1.165) is 31.9 Å². The van der Waals surface area contributed by atoms with Crippen LogP contribution in [0.3, 0.4) is 0 Å². The second kappa shape index (κ2) is 8.23. The van der Waals surface area contributed by atoms with E-state index in [4.69, 9.17) is 13.6 Å². The number of fused-ring (bicyclic) bond motifs is 1. The van der Waals surface area contributed by atoms with Gasteiger partial charge in [0.05, 0.1) is 30.2 Å². The molecule has 0 radical (unpaired) electrons. The van der Waals surface area contributed by atoms with Gasteiger partial charge >= 0.3 is 5.76 Å². The minimum atomic E-state index is -0.622. The zero-order chi connectivity index (χ0) is 22.1. The Kier molecular flexibility index (Phi) is 5.12. The van der Waals surface area contributed by atoms with Gasteiger partial charge in [-0.1, -0.05) is 0 Å². The van der Waals surface area contributed by atoms with Gasteiger partial charge in [-0.05, 0) is 24.3 Å². The molecule has 2 N–H and O–H groups in total. The molecule has 4 aromatic rings. The number of benzene rings is 1. The fourth-order valence-electron chi connectivity index (χ4n) is 3.75. The first kappa shape index (κ1) is 19.9. The van der Waals surface area contributed by atoms with Crippen LogP contribution in [0.2, 0.25) is 0 Å². The summed E-state index contributed by atoms with van der Waals surface area (Å²) in [5, 5.41) is 6.17. The minimum absolute atomic E-state index is 0.0601. The van der Waals surface area contributed by atoms with Crippen LogP contribution in [0.1, 0.15) is 10.6 Å². The molecule has 0 unspecified atom stereocenters. The summed E-state index contributed by atoms with van der Waals surface area (Å²) in [5.41, 5.74) is 2.35. The van der Waals surface area contributed by atoms with Crippen molar-refractivity contribution in [1.82, 2.24) is 14.9 Å². The minimum Gasteiger partial charge on any atom is -0.497 e. The topological polar surface area (TPSA) is 115 Å². The smallest absolute Gasteiger partial charge is 0.427 e. The molecule has 1 fully saturated rings. The van der Waals surface area contributed by atoms with E-state index in [-0.39, 0.29) is 11.6 Å². The summed E-state index contributed by atoms with van der Waals surface area (Å²) < 4.78 is 17.4. The van der Waals surface area contributed by atoms with Crippen LogP contribution in [0.4, 0.5) is 11.4 Å². The average Bonchev–Trinajstić information content (AvgIpc) is 3.43. The zero-order valence-electron chi connectivity index (χ0n) is 17.3. The lowest BCUT2D eigenvalue weighted by atomic mass is 10.2. The second-order valence-corrected chi connectivity index (χ2v) is 7.26.